The van der Waals surface area contributed by atoms with Gasteiger partial charge >= 0.3 is 12.5 Å². The van der Waals surface area contributed by atoms with E-state index in [-0.39, 0.29) is 34.7 Å². The van der Waals surface area contributed by atoms with Gasteiger partial charge in [-0.05, 0) is 42.8 Å². The summed E-state index contributed by atoms with van der Waals surface area (Å²) in [5, 5.41) is 12.4. The average Bonchev–Trinajstić information content (AvgIpc) is 3.24. The Morgan fingerprint density at radius 1 is 1.06 bits per heavy atom. The number of benzene rings is 1. The molecule has 2 N–H and O–H groups in total. The van der Waals surface area contributed by atoms with E-state index in [4.69, 9.17) is 0 Å². The van der Waals surface area contributed by atoms with Crippen LogP contribution in [-0.4, -0.2) is 46.5 Å². The van der Waals surface area contributed by atoms with Crippen LogP contribution in [-0.2, 0) is 6.18 Å². The van der Waals surface area contributed by atoms with Crippen molar-refractivity contribution in [2.24, 2.45) is 0 Å². The maximum Gasteiger partial charge on any atom is 0.573 e. The summed E-state index contributed by atoms with van der Waals surface area (Å²) in [6.07, 6.45) is -6.58. The predicted molar refractivity (Wildman–Crippen MR) is 116 cm³/mol. The second kappa shape index (κ2) is 9.64. The fraction of sp³-hybridized carbons (Fsp3) is 0.261. The fourth-order valence-corrected chi connectivity index (χ4v) is 3.67. The van der Waals surface area contributed by atoms with Crippen molar-refractivity contribution in [1.82, 2.24) is 9.97 Å². The molecule has 1 aliphatic rings. The van der Waals surface area contributed by atoms with Crippen LogP contribution in [0.4, 0.5) is 37.8 Å². The number of alkyl halides is 6. The number of pyridine rings is 2. The number of aliphatic hydroxyl groups is 1. The molecule has 3 heterocycles. The third-order valence-electron chi connectivity index (χ3n) is 5.31. The fourth-order valence-electron chi connectivity index (χ4n) is 3.67. The lowest BCUT2D eigenvalue weighted by atomic mass is 10.0. The largest absolute Gasteiger partial charge is 0.573 e. The van der Waals surface area contributed by atoms with E-state index in [2.05, 4.69) is 20.0 Å². The average molecular weight is 512 g/mol. The summed E-state index contributed by atoms with van der Waals surface area (Å²) in [6.45, 7) is 0.621. The topological polar surface area (TPSA) is 87.6 Å². The first-order chi connectivity index (χ1) is 16.9. The summed E-state index contributed by atoms with van der Waals surface area (Å²) in [5.74, 6) is -0.891. The molecule has 2 aromatic heterocycles. The highest BCUT2D eigenvalue weighted by atomic mass is 19.4. The van der Waals surface area contributed by atoms with Crippen molar-refractivity contribution in [3.8, 4) is 16.9 Å². The molecule has 0 bridgehead atoms. The Bertz CT molecular complexity index is 1250. The molecule has 13 heteroatoms. The third-order valence-corrected chi connectivity index (χ3v) is 5.31. The van der Waals surface area contributed by atoms with Gasteiger partial charge in [0.2, 0.25) is 0 Å². The van der Waals surface area contributed by atoms with Gasteiger partial charge in [-0.25, -0.2) is 4.98 Å². The lowest BCUT2D eigenvalue weighted by Gasteiger charge is -2.21. The number of carbonyl (C=O) groups is 1. The number of hydrogen-bond donors (Lipinski definition) is 2. The van der Waals surface area contributed by atoms with Crippen molar-refractivity contribution in [3.63, 3.8) is 0 Å². The van der Waals surface area contributed by atoms with Crippen molar-refractivity contribution in [2.45, 2.75) is 25.1 Å². The number of nitrogens with zero attached hydrogens (tertiary/aromatic N) is 3. The predicted octanol–water partition coefficient (Wildman–Crippen LogP) is 4.88. The van der Waals surface area contributed by atoms with Crippen LogP contribution >= 0.6 is 0 Å². The van der Waals surface area contributed by atoms with E-state index in [1.807, 2.05) is 0 Å². The molecule has 1 aliphatic heterocycles. The monoisotopic (exact) mass is 512 g/mol. The lowest BCUT2D eigenvalue weighted by Crippen LogP contribution is -2.23. The molecule has 1 saturated heterocycles. The molecular weight excluding hydrogens is 494 g/mol. The molecule has 190 valence electrons. The Hall–Kier alpha value is -3.87. The Labute approximate surface area is 200 Å². The molecule has 0 aliphatic carbocycles. The van der Waals surface area contributed by atoms with E-state index < -0.39 is 35.9 Å². The zero-order valence-electron chi connectivity index (χ0n) is 18.3. The molecule has 36 heavy (non-hydrogen) atoms. The number of aromatic nitrogens is 2. The molecule has 1 fully saturated rings. The molecule has 0 spiro atoms. The van der Waals surface area contributed by atoms with Crippen LogP contribution in [0.2, 0.25) is 0 Å². The smallest absolute Gasteiger partial charge is 0.406 e. The number of aliphatic hydroxyl groups excluding tert-OH is 1. The van der Waals surface area contributed by atoms with Crippen LogP contribution in [0.3, 0.4) is 0 Å². The molecule has 7 nitrogen and oxygen atoms in total. The summed E-state index contributed by atoms with van der Waals surface area (Å²) in [6, 6.07) is 6.67. The SMILES string of the molecule is O=C(Nc1ccc(OC(F)(F)F)cc1)c1cnc(N2CCC(O)C2)c(-c2cncc(C(F)(F)F)c2)c1. The van der Waals surface area contributed by atoms with Crippen molar-refractivity contribution < 1.29 is 41.0 Å². The number of carbonyl (C=O) groups excluding carboxylic acids is 1. The standard InChI is InChI=1S/C23H18F6N4O3/c24-22(25,26)15-7-13(9-30-11-15)19-8-14(10-31-20(19)33-6-5-17(34)12-33)21(35)32-16-1-3-18(4-2-16)36-23(27,28)29/h1-4,7-11,17,34H,5-6,12H2,(H,32,35). The van der Waals surface area contributed by atoms with Gasteiger partial charge in [0.25, 0.3) is 5.91 Å². The number of rotatable bonds is 5. The Morgan fingerprint density at radius 3 is 2.39 bits per heavy atom. The minimum Gasteiger partial charge on any atom is -0.406 e. The van der Waals surface area contributed by atoms with Gasteiger partial charge in [-0.3, -0.25) is 9.78 Å². The molecule has 0 radical (unpaired) electrons. The summed E-state index contributed by atoms with van der Waals surface area (Å²) < 4.78 is 80.6. The molecule has 3 aromatic rings. The number of nitrogens with one attached hydrogen (secondary N) is 1. The van der Waals surface area contributed by atoms with E-state index in [0.717, 1.165) is 18.2 Å². The summed E-state index contributed by atoms with van der Waals surface area (Å²) in [4.78, 5) is 22.5. The van der Waals surface area contributed by atoms with Crippen LogP contribution in [0.25, 0.3) is 11.1 Å². The lowest BCUT2D eigenvalue weighted by molar-refractivity contribution is -0.274. The summed E-state index contributed by atoms with van der Waals surface area (Å²) >= 11 is 0. The molecule has 1 atom stereocenters. The number of anilines is 2. The van der Waals surface area contributed by atoms with Gasteiger partial charge < -0.3 is 20.1 Å². The van der Waals surface area contributed by atoms with Crippen molar-refractivity contribution in [2.75, 3.05) is 23.3 Å². The number of halogens is 6. The van der Waals surface area contributed by atoms with E-state index in [1.165, 1.54) is 30.6 Å². The highest BCUT2D eigenvalue weighted by Crippen LogP contribution is 2.36. The zero-order valence-corrected chi connectivity index (χ0v) is 18.3. The second-order valence-corrected chi connectivity index (χ2v) is 7.97. The highest BCUT2D eigenvalue weighted by molar-refractivity contribution is 6.05. The van der Waals surface area contributed by atoms with Gasteiger partial charge in [0, 0.05) is 48.5 Å². The molecule has 1 amide bonds. The third kappa shape index (κ3) is 6.03. The van der Waals surface area contributed by atoms with Crippen molar-refractivity contribution >= 4 is 17.4 Å². The maximum atomic E-state index is 13.3. The normalized spacial score (nSPS) is 16.2. The van der Waals surface area contributed by atoms with Crippen molar-refractivity contribution in [1.29, 1.82) is 0 Å². The number of hydrogen-bond acceptors (Lipinski definition) is 6. The highest BCUT2D eigenvalue weighted by Gasteiger charge is 2.32. The first-order valence-electron chi connectivity index (χ1n) is 10.5. The van der Waals surface area contributed by atoms with E-state index >= 15 is 0 Å². The van der Waals surface area contributed by atoms with Gasteiger partial charge in [-0.15, -0.1) is 13.2 Å². The quantitative estimate of drug-likeness (QED) is 0.474. The number of ether oxygens (including phenoxy) is 1. The van der Waals surface area contributed by atoms with Gasteiger partial charge in [0.15, 0.2) is 0 Å². The van der Waals surface area contributed by atoms with Crippen LogP contribution in [0.1, 0.15) is 22.3 Å². The summed E-state index contributed by atoms with van der Waals surface area (Å²) in [5.41, 5.74) is -0.574. The van der Waals surface area contributed by atoms with E-state index in [9.17, 15) is 36.2 Å². The minimum atomic E-state index is -4.86. The van der Waals surface area contributed by atoms with E-state index in [1.54, 1.807) is 4.90 Å². The van der Waals surface area contributed by atoms with E-state index in [0.29, 0.717) is 19.2 Å². The Kier molecular flexibility index (Phi) is 6.76. The van der Waals surface area contributed by atoms with Crippen molar-refractivity contribution in [3.05, 3.63) is 66.1 Å². The molecular formula is C23H18F6N4O3. The zero-order chi connectivity index (χ0) is 26.1. The van der Waals surface area contributed by atoms with Crippen LogP contribution in [0.15, 0.2) is 55.0 Å². The molecule has 4 rings (SSSR count). The Morgan fingerprint density at radius 2 is 1.78 bits per heavy atom. The number of amides is 1. The first-order valence-corrected chi connectivity index (χ1v) is 10.5. The molecule has 1 aromatic carbocycles. The maximum absolute atomic E-state index is 13.3. The number of β-amino-alcohol motifs (C(OH)–C–C–N with tert-alkyl or cyclic N) is 1. The van der Waals surface area contributed by atoms with Gasteiger partial charge in [0.1, 0.15) is 11.6 Å². The van der Waals surface area contributed by atoms with Crippen LogP contribution in [0, 0.1) is 0 Å². The minimum absolute atomic E-state index is 0.0125. The van der Waals surface area contributed by atoms with Gasteiger partial charge in [-0.2, -0.15) is 13.2 Å². The second-order valence-electron chi connectivity index (χ2n) is 7.97. The van der Waals surface area contributed by atoms with Gasteiger partial charge in [-0.1, -0.05) is 0 Å². The van der Waals surface area contributed by atoms with Crippen LogP contribution in [0.5, 0.6) is 5.75 Å². The van der Waals surface area contributed by atoms with Gasteiger partial charge in [0.05, 0.1) is 17.2 Å². The molecule has 0 saturated carbocycles. The first kappa shape index (κ1) is 25.2. The van der Waals surface area contributed by atoms with Crippen LogP contribution < -0.4 is 15.0 Å². The summed E-state index contributed by atoms with van der Waals surface area (Å²) in [7, 11) is 0. The molecule has 1 unspecified atom stereocenters. The Balaban J connectivity index is 1.64.